The molecule has 0 aliphatic heterocycles. The maximum absolute atomic E-state index is 4.71. The second-order valence-corrected chi connectivity index (χ2v) is 7.97. The van der Waals surface area contributed by atoms with Crippen LogP contribution in [0.4, 0.5) is 0 Å². The van der Waals surface area contributed by atoms with Gasteiger partial charge in [-0.05, 0) is 56.5 Å². The van der Waals surface area contributed by atoms with Gasteiger partial charge >= 0.3 is 0 Å². The molecule has 0 saturated heterocycles. The lowest BCUT2D eigenvalue weighted by Gasteiger charge is -2.07. The number of hydrogen-bond donors (Lipinski definition) is 0. The summed E-state index contributed by atoms with van der Waals surface area (Å²) in [4.78, 5) is 9.42. The van der Waals surface area contributed by atoms with Gasteiger partial charge in [0.2, 0.25) is 0 Å². The number of thioether (sulfide) groups is 2. The van der Waals surface area contributed by atoms with E-state index in [9.17, 15) is 0 Å². The van der Waals surface area contributed by atoms with Crippen molar-refractivity contribution in [3.8, 4) is 0 Å². The van der Waals surface area contributed by atoms with Gasteiger partial charge in [0, 0.05) is 13.1 Å². The average molecular weight is 331 g/mol. The largest absolute Gasteiger partial charge is 0.283 e. The van der Waals surface area contributed by atoms with Crippen LogP contribution in [0.2, 0.25) is 0 Å². The van der Waals surface area contributed by atoms with Crippen LogP contribution in [0, 0.1) is 11.8 Å². The molecular formula is C17H34N2S2. The van der Waals surface area contributed by atoms with Gasteiger partial charge in [-0.2, -0.15) is 0 Å². The highest BCUT2D eigenvalue weighted by Gasteiger charge is 2.02. The van der Waals surface area contributed by atoms with Gasteiger partial charge in [-0.25, -0.2) is 0 Å². The van der Waals surface area contributed by atoms with Crippen LogP contribution in [0.25, 0.3) is 0 Å². The zero-order valence-corrected chi connectivity index (χ0v) is 16.4. The predicted octanol–water partition coefficient (Wildman–Crippen LogP) is 5.77. The van der Waals surface area contributed by atoms with Crippen LogP contribution in [0.1, 0.15) is 59.8 Å². The first-order valence-electron chi connectivity index (χ1n) is 8.14. The summed E-state index contributed by atoms with van der Waals surface area (Å²) in [6.45, 7) is 11.0. The number of aliphatic imine (C=N–C) groups is 2. The van der Waals surface area contributed by atoms with E-state index in [0.717, 1.165) is 25.9 Å². The van der Waals surface area contributed by atoms with Crippen molar-refractivity contribution < 1.29 is 0 Å². The first kappa shape index (κ1) is 21.0. The molecule has 0 amide bonds. The lowest BCUT2D eigenvalue weighted by atomic mass is 10.1. The van der Waals surface area contributed by atoms with Crippen molar-refractivity contribution in [2.24, 2.45) is 21.8 Å². The molecule has 0 N–H and O–H groups in total. The normalized spacial score (nSPS) is 13.5. The average Bonchev–Trinajstić information content (AvgIpc) is 2.42. The van der Waals surface area contributed by atoms with Gasteiger partial charge in [-0.15, -0.1) is 23.5 Å². The first-order chi connectivity index (χ1) is 9.99. The Hall–Kier alpha value is 0.0400. The van der Waals surface area contributed by atoms with Gasteiger partial charge in [0.25, 0.3) is 0 Å². The van der Waals surface area contributed by atoms with Gasteiger partial charge in [-0.3, -0.25) is 9.98 Å². The smallest absolute Gasteiger partial charge is 0.0675 e. The van der Waals surface area contributed by atoms with E-state index in [2.05, 4.69) is 40.2 Å². The highest BCUT2D eigenvalue weighted by atomic mass is 32.2. The molecule has 0 atom stereocenters. The van der Waals surface area contributed by atoms with Crippen molar-refractivity contribution in [2.75, 3.05) is 25.6 Å². The van der Waals surface area contributed by atoms with Crippen LogP contribution < -0.4 is 0 Å². The Morgan fingerprint density at radius 1 is 0.714 bits per heavy atom. The molecule has 0 rings (SSSR count). The molecular weight excluding hydrogens is 296 g/mol. The molecule has 0 aromatic rings. The zero-order chi connectivity index (χ0) is 16.1. The molecule has 0 aliphatic carbocycles. The van der Waals surface area contributed by atoms with Gasteiger partial charge in [-0.1, -0.05) is 27.7 Å². The number of hydrogen-bond acceptors (Lipinski definition) is 4. The Morgan fingerprint density at radius 3 is 1.38 bits per heavy atom. The fourth-order valence-electron chi connectivity index (χ4n) is 1.93. The highest BCUT2D eigenvalue weighted by Crippen LogP contribution is 2.12. The lowest BCUT2D eigenvalue weighted by Crippen LogP contribution is -2.00. The van der Waals surface area contributed by atoms with Crippen LogP contribution >= 0.6 is 23.5 Å². The maximum Gasteiger partial charge on any atom is 0.0675 e. The molecule has 0 bridgehead atoms. The molecule has 124 valence electrons. The van der Waals surface area contributed by atoms with E-state index in [1.807, 2.05) is 0 Å². The fraction of sp³-hybridized carbons (Fsp3) is 0.882. The summed E-state index contributed by atoms with van der Waals surface area (Å²) < 4.78 is 0. The van der Waals surface area contributed by atoms with E-state index in [4.69, 9.17) is 9.98 Å². The molecule has 21 heavy (non-hydrogen) atoms. The molecule has 0 aromatic heterocycles. The van der Waals surface area contributed by atoms with Crippen molar-refractivity contribution >= 4 is 33.6 Å². The molecule has 0 fully saturated rings. The molecule has 0 saturated carbocycles. The molecule has 0 radical (unpaired) electrons. The second-order valence-electron chi connectivity index (χ2n) is 6.22. The van der Waals surface area contributed by atoms with E-state index in [1.165, 1.54) is 29.3 Å². The summed E-state index contributed by atoms with van der Waals surface area (Å²) in [5.41, 5.74) is 0. The third-order valence-corrected chi connectivity index (χ3v) is 4.56. The molecule has 0 aliphatic rings. The van der Waals surface area contributed by atoms with E-state index in [-0.39, 0.29) is 0 Å². The van der Waals surface area contributed by atoms with Gasteiger partial charge < -0.3 is 0 Å². The van der Waals surface area contributed by atoms with E-state index < -0.39 is 0 Å². The second kappa shape index (κ2) is 13.7. The summed E-state index contributed by atoms with van der Waals surface area (Å²) in [6, 6.07) is 0. The van der Waals surface area contributed by atoms with Crippen molar-refractivity contribution in [3.63, 3.8) is 0 Å². The van der Waals surface area contributed by atoms with E-state index >= 15 is 0 Å². The fourth-order valence-corrected chi connectivity index (χ4v) is 3.37. The van der Waals surface area contributed by atoms with Crippen molar-refractivity contribution in [1.82, 2.24) is 0 Å². The zero-order valence-electron chi connectivity index (χ0n) is 14.8. The molecule has 2 nitrogen and oxygen atoms in total. The van der Waals surface area contributed by atoms with Crippen LogP contribution in [-0.4, -0.2) is 35.7 Å². The summed E-state index contributed by atoms with van der Waals surface area (Å²) >= 11 is 3.61. The Morgan fingerprint density at radius 2 is 1.10 bits per heavy atom. The molecule has 0 aromatic carbocycles. The maximum atomic E-state index is 4.71. The number of unbranched alkanes of at least 4 members (excludes halogenated alkanes) is 2. The number of nitrogens with zero attached hydrogens (tertiary/aromatic N) is 2. The minimum absolute atomic E-state index is 0.705. The van der Waals surface area contributed by atoms with E-state index in [1.54, 1.807) is 23.5 Å². The van der Waals surface area contributed by atoms with Gasteiger partial charge in [0.05, 0.1) is 10.1 Å². The Balaban J connectivity index is 3.80. The topological polar surface area (TPSA) is 24.7 Å². The van der Waals surface area contributed by atoms with Gasteiger partial charge in [0.15, 0.2) is 0 Å². The minimum Gasteiger partial charge on any atom is -0.283 e. The Labute approximate surface area is 141 Å². The molecule has 0 unspecified atom stereocenters. The lowest BCUT2D eigenvalue weighted by molar-refractivity contribution is 0.672. The molecule has 4 heteroatoms. The summed E-state index contributed by atoms with van der Waals surface area (Å²) in [7, 11) is 0. The third-order valence-electron chi connectivity index (χ3n) is 3.03. The van der Waals surface area contributed by atoms with Crippen LogP contribution in [0.3, 0.4) is 0 Å². The minimum atomic E-state index is 0.705. The molecule has 0 spiro atoms. The van der Waals surface area contributed by atoms with Crippen molar-refractivity contribution in [3.05, 3.63) is 0 Å². The quantitative estimate of drug-likeness (QED) is 0.288. The SMILES string of the molecule is CSC(CC(C)C)=NCCCCCN=C(CC(C)C)SC. The Bertz CT molecular complexity index is 280. The summed E-state index contributed by atoms with van der Waals surface area (Å²) in [5.74, 6) is 1.41. The monoisotopic (exact) mass is 330 g/mol. The number of rotatable bonds is 10. The Kier molecular flexibility index (Phi) is 13.7. The highest BCUT2D eigenvalue weighted by molar-refractivity contribution is 8.13. The standard InChI is InChI=1S/C17H34N2S2/c1-14(2)12-16(20-5)18-10-8-7-9-11-19-17(21-6)13-15(3)4/h14-15H,7-13H2,1-6H3. The van der Waals surface area contributed by atoms with Crippen LogP contribution in [0.15, 0.2) is 9.98 Å². The van der Waals surface area contributed by atoms with Crippen LogP contribution in [-0.2, 0) is 0 Å². The van der Waals surface area contributed by atoms with Crippen LogP contribution in [0.5, 0.6) is 0 Å². The van der Waals surface area contributed by atoms with Crippen molar-refractivity contribution in [1.29, 1.82) is 0 Å². The summed E-state index contributed by atoms with van der Waals surface area (Å²) in [6.07, 6.45) is 10.1. The predicted molar refractivity (Wildman–Crippen MR) is 104 cm³/mol. The third kappa shape index (κ3) is 13.4. The first-order valence-corrected chi connectivity index (χ1v) is 10.6. The van der Waals surface area contributed by atoms with Gasteiger partial charge in [0.1, 0.15) is 0 Å². The van der Waals surface area contributed by atoms with Crippen molar-refractivity contribution in [2.45, 2.75) is 59.8 Å². The summed E-state index contributed by atoms with van der Waals surface area (Å²) in [5, 5.41) is 2.62. The van der Waals surface area contributed by atoms with E-state index in [0.29, 0.717) is 11.8 Å². The molecule has 0 heterocycles.